The lowest BCUT2D eigenvalue weighted by Crippen LogP contribution is -2.00. The van der Waals surface area contributed by atoms with Crippen LogP contribution in [0, 0.1) is 0 Å². The molecule has 17 heavy (non-hydrogen) atoms. The fourth-order valence-corrected chi connectivity index (χ4v) is 1.67. The van der Waals surface area contributed by atoms with Crippen molar-refractivity contribution in [1.29, 1.82) is 0 Å². The highest BCUT2D eigenvalue weighted by atomic mass is 35.5. The third kappa shape index (κ3) is 3.02. The molecule has 0 aliphatic heterocycles. The van der Waals surface area contributed by atoms with Crippen LogP contribution in [0.25, 0.3) is 0 Å². The standard InChI is InChI=1S/C12H10Cl2N2O/c13-9-4-2-5-10(12(9)14)17-7-8-3-1-6-11(15)16-8/h1-6H,7H2,(H2,15,16). The number of anilines is 1. The third-order valence-electron chi connectivity index (χ3n) is 2.12. The van der Waals surface area contributed by atoms with E-state index in [9.17, 15) is 0 Å². The van der Waals surface area contributed by atoms with Gasteiger partial charge in [0, 0.05) is 0 Å². The highest BCUT2D eigenvalue weighted by Gasteiger charge is 2.05. The van der Waals surface area contributed by atoms with Crippen LogP contribution < -0.4 is 10.5 Å². The molecule has 0 saturated heterocycles. The fourth-order valence-electron chi connectivity index (χ4n) is 1.33. The van der Waals surface area contributed by atoms with E-state index in [-0.39, 0.29) is 0 Å². The highest BCUT2D eigenvalue weighted by molar-refractivity contribution is 6.42. The molecule has 0 bridgehead atoms. The predicted molar refractivity (Wildman–Crippen MR) is 69.4 cm³/mol. The largest absolute Gasteiger partial charge is 0.486 e. The van der Waals surface area contributed by atoms with Crippen LogP contribution in [0.1, 0.15) is 5.69 Å². The van der Waals surface area contributed by atoms with Gasteiger partial charge in [0.25, 0.3) is 0 Å². The van der Waals surface area contributed by atoms with Crippen LogP contribution in [-0.2, 0) is 6.61 Å². The van der Waals surface area contributed by atoms with Gasteiger partial charge in [-0.25, -0.2) is 4.98 Å². The van der Waals surface area contributed by atoms with Crippen molar-refractivity contribution < 1.29 is 4.74 Å². The average Bonchev–Trinajstić information content (AvgIpc) is 2.31. The summed E-state index contributed by atoms with van der Waals surface area (Å²) in [4.78, 5) is 4.12. The number of nitrogens with zero attached hydrogens (tertiary/aromatic N) is 1. The Labute approximate surface area is 109 Å². The summed E-state index contributed by atoms with van der Waals surface area (Å²) in [6.45, 7) is 0.297. The van der Waals surface area contributed by atoms with Gasteiger partial charge in [0.15, 0.2) is 0 Å². The molecule has 2 N–H and O–H groups in total. The van der Waals surface area contributed by atoms with Crippen LogP contribution in [0.2, 0.25) is 10.0 Å². The molecule has 2 rings (SSSR count). The van der Waals surface area contributed by atoms with E-state index < -0.39 is 0 Å². The molecule has 0 atom stereocenters. The van der Waals surface area contributed by atoms with Gasteiger partial charge in [0.2, 0.25) is 0 Å². The molecule has 0 saturated carbocycles. The molecule has 88 valence electrons. The number of hydrogen-bond donors (Lipinski definition) is 1. The monoisotopic (exact) mass is 268 g/mol. The van der Waals surface area contributed by atoms with Crippen molar-refractivity contribution in [2.24, 2.45) is 0 Å². The molecule has 1 aromatic heterocycles. The first-order chi connectivity index (χ1) is 8.16. The van der Waals surface area contributed by atoms with Gasteiger partial charge in [-0.15, -0.1) is 0 Å². The minimum Gasteiger partial charge on any atom is -0.486 e. The highest BCUT2D eigenvalue weighted by Crippen LogP contribution is 2.31. The van der Waals surface area contributed by atoms with E-state index >= 15 is 0 Å². The predicted octanol–water partition coefficient (Wildman–Crippen LogP) is 3.55. The molecule has 0 fully saturated rings. The van der Waals surface area contributed by atoms with Crippen molar-refractivity contribution in [3.8, 4) is 5.75 Å². The summed E-state index contributed by atoms with van der Waals surface area (Å²) in [6.07, 6.45) is 0. The number of hydrogen-bond acceptors (Lipinski definition) is 3. The summed E-state index contributed by atoms with van der Waals surface area (Å²) in [5.74, 6) is 0.992. The second kappa shape index (κ2) is 5.25. The van der Waals surface area contributed by atoms with Crippen LogP contribution in [0.15, 0.2) is 36.4 Å². The van der Waals surface area contributed by atoms with Gasteiger partial charge in [0.1, 0.15) is 23.2 Å². The van der Waals surface area contributed by atoms with E-state index in [2.05, 4.69) is 4.98 Å². The second-order valence-electron chi connectivity index (χ2n) is 3.39. The number of rotatable bonds is 3. The Kier molecular flexibility index (Phi) is 3.71. The SMILES string of the molecule is Nc1cccc(COc2cccc(Cl)c2Cl)n1. The summed E-state index contributed by atoms with van der Waals surface area (Å²) in [5, 5.41) is 0.864. The molecule has 0 radical (unpaired) electrons. The lowest BCUT2D eigenvalue weighted by atomic mass is 10.3. The third-order valence-corrected chi connectivity index (χ3v) is 2.92. The van der Waals surface area contributed by atoms with Gasteiger partial charge in [0.05, 0.1) is 10.7 Å². The number of aromatic nitrogens is 1. The Balaban J connectivity index is 2.10. The molecule has 0 aliphatic rings. The molecule has 3 nitrogen and oxygen atoms in total. The van der Waals surface area contributed by atoms with Crippen LogP contribution in [0.4, 0.5) is 5.82 Å². The quantitative estimate of drug-likeness (QED) is 0.926. The molecule has 1 heterocycles. The first-order valence-corrected chi connectivity index (χ1v) is 5.70. The lowest BCUT2D eigenvalue weighted by molar-refractivity contribution is 0.302. The smallest absolute Gasteiger partial charge is 0.140 e. The number of halogens is 2. The van der Waals surface area contributed by atoms with E-state index in [1.165, 1.54) is 0 Å². The van der Waals surface area contributed by atoms with Crippen molar-refractivity contribution in [2.75, 3.05) is 5.73 Å². The molecular formula is C12H10Cl2N2O. The van der Waals surface area contributed by atoms with E-state index in [1.54, 1.807) is 24.3 Å². The van der Waals surface area contributed by atoms with Crippen LogP contribution >= 0.6 is 23.2 Å². The van der Waals surface area contributed by atoms with Crippen LogP contribution in [-0.4, -0.2) is 4.98 Å². The van der Waals surface area contributed by atoms with Crippen LogP contribution in [0.5, 0.6) is 5.75 Å². The summed E-state index contributed by atoms with van der Waals surface area (Å²) in [7, 11) is 0. The fraction of sp³-hybridized carbons (Fsp3) is 0.0833. The maximum Gasteiger partial charge on any atom is 0.140 e. The van der Waals surface area contributed by atoms with Gasteiger partial charge in [-0.3, -0.25) is 0 Å². The van der Waals surface area contributed by atoms with E-state index in [0.29, 0.717) is 28.2 Å². The van der Waals surface area contributed by atoms with Crippen molar-refractivity contribution in [2.45, 2.75) is 6.61 Å². The molecular weight excluding hydrogens is 259 g/mol. The van der Waals surface area contributed by atoms with Crippen molar-refractivity contribution in [3.63, 3.8) is 0 Å². The number of nitrogens with two attached hydrogens (primary N) is 1. The first kappa shape index (κ1) is 12.0. The zero-order valence-electron chi connectivity index (χ0n) is 8.86. The zero-order valence-corrected chi connectivity index (χ0v) is 10.4. The van der Waals surface area contributed by atoms with Gasteiger partial charge in [-0.1, -0.05) is 35.3 Å². The summed E-state index contributed by atoms with van der Waals surface area (Å²) >= 11 is 11.9. The summed E-state index contributed by atoms with van der Waals surface area (Å²) in [6, 6.07) is 10.6. The molecule has 1 aromatic carbocycles. The van der Waals surface area contributed by atoms with E-state index in [0.717, 1.165) is 5.69 Å². The molecule has 0 unspecified atom stereocenters. The molecule has 2 aromatic rings. The molecule has 0 amide bonds. The number of nitrogen functional groups attached to an aromatic ring is 1. The second-order valence-corrected chi connectivity index (χ2v) is 4.18. The summed E-state index contributed by atoms with van der Waals surface area (Å²) < 4.78 is 5.52. The Bertz CT molecular complexity index is 532. The zero-order chi connectivity index (χ0) is 12.3. The number of ether oxygens (including phenoxy) is 1. The number of pyridine rings is 1. The topological polar surface area (TPSA) is 48.1 Å². The van der Waals surface area contributed by atoms with E-state index in [1.807, 2.05) is 12.1 Å². The van der Waals surface area contributed by atoms with Crippen LogP contribution in [0.3, 0.4) is 0 Å². The molecule has 0 aliphatic carbocycles. The maximum atomic E-state index is 5.99. The van der Waals surface area contributed by atoms with Gasteiger partial charge in [-0.2, -0.15) is 0 Å². The number of benzene rings is 1. The maximum absolute atomic E-state index is 5.99. The first-order valence-electron chi connectivity index (χ1n) is 4.95. The van der Waals surface area contributed by atoms with Crippen molar-refractivity contribution >= 4 is 29.0 Å². The molecule has 0 spiro atoms. The summed E-state index contributed by atoms with van der Waals surface area (Å²) in [5.41, 5.74) is 6.30. The van der Waals surface area contributed by atoms with E-state index in [4.69, 9.17) is 33.7 Å². The Hall–Kier alpha value is -1.45. The van der Waals surface area contributed by atoms with Gasteiger partial charge in [-0.05, 0) is 24.3 Å². The normalized spacial score (nSPS) is 10.2. The van der Waals surface area contributed by atoms with Gasteiger partial charge < -0.3 is 10.5 Å². The van der Waals surface area contributed by atoms with Crippen molar-refractivity contribution in [3.05, 3.63) is 52.1 Å². The molecule has 5 heteroatoms. The minimum absolute atomic E-state index is 0.297. The Morgan fingerprint density at radius 2 is 1.88 bits per heavy atom. The van der Waals surface area contributed by atoms with Gasteiger partial charge >= 0.3 is 0 Å². The lowest BCUT2D eigenvalue weighted by Gasteiger charge is -2.08. The average molecular weight is 269 g/mol. The minimum atomic E-state index is 0.297. The Morgan fingerprint density at radius 3 is 2.65 bits per heavy atom. The Morgan fingerprint density at radius 1 is 1.12 bits per heavy atom. The van der Waals surface area contributed by atoms with Crippen molar-refractivity contribution in [1.82, 2.24) is 4.98 Å².